The highest BCUT2D eigenvalue weighted by Gasteiger charge is 2.53. The number of hydrogen-bond donors (Lipinski definition) is 1. The Kier molecular flexibility index (Phi) is 7.23. The molecule has 12 heteroatoms. The van der Waals surface area contributed by atoms with Gasteiger partial charge in [-0.15, -0.1) is 0 Å². The normalized spacial score (nSPS) is 21.2. The number of pyridine rings is 1. The SMILES string of the molecule is CN1C[C@]2(CCCN3C[C@H]2n2cc(C(=O)NCc4c(F)cc(F)cc4F)c(=O)c(OCc4ccccc4)c2C3=O)CC1=O. The molecule has 3 aliphatic heterocycles. The first-order valence-corrected chi connectivity index (χ1v) is 14.0. The van der Waals surface area contributed by atoms with E-state index in [9.17, 15) is 32.3 Å². The van der Waals surface area contributed by atoms with Crippen LogP contribution in [0.2, 0.25) is 0 Å². The van der Waals surface area contributed by atoms with Gasteiger partial charge in [-0.05, 0) is 18.4 Å². The fourth-order valence-corrected chi connectivity index (χ4v) is 6.54. The first kappa shape index (κ1) is 28.5. The van der Waals surface area contributed by atoms with Crippen molar-refractivity contribution in [3.63, 3.8) is 0 Å². The molecule has 2 fully saturated rings. The largest absolute Gasteiger partial charge is 0.483 e. The lowest BCUT2D eigenvalue weighted by Crippen LogP contribution is -2.49. The summed E-state index contributed by atoms with van der Waals surface area (Å²) in [6.07, 6.45) is 2.83. The Balaban J connectivity index is 1.45. The summed E-state index contributed by atoms with van der Waals surface area (Å²) in [5.41, 5.74) is -1.68. The van der Waals surface area contributed by atoms with Crippen molar-refractivity contribution in [2.75, 3.05) is 26.7 Å². The van der Waals surface area contributed by atoms with Crippen LogP contribution < -0.4 is 15.5 Å². The fourth-order valence-electron chi connectivity index (χ4n) is 6.54. The van der Waals surface area contributed by atoms with Crippen molar-refractivity contribution in [1.29, 1.82) is 0 Å². The van der Waals surface area contributed by atoms with Crippen LogP contribution in [0.4, 0.5) is 13.2 Å². The Hall–Kier alpha value is -4.61. The van der Waals surface area contributed by atoms with Gasteiger partial charge in [-0.3, -0.25) is 19.2 Å². The number of aromatic nitrogens is 1. The van der Waals surface area contributed by atoms with Crippen LogP contribution in [-0.2, 0) is 17.9 Å². The topological polar surface area (TPSA) is 101 Å². The van der Waals surface area contributed by atoms with Crippen LogP contribution >= 0.6 is 0 Å². The smallest absolute Gasteiger partial charge is 0.274 e. The molecular weight excluding hydrogens is 565 g/mol. The second kappa shape index (κ2) is 10.9. The average molecular weight is 595 g/mol. The summed E-state index contributed by atoms with van der Waals surface area (Å²) >= 11 is 0. The van der Waals surface area contributed by atoms with Gasteiger partial charge in [0.15, 0.2) is 11.4 Å². The van der Waals surface area contributed by atoms with Gasteiger partial charge < -0.3 is 24.4 Å². The lowest BCUT2D eigenvalue weighted by Gasteiger charge is -2.42. The zero-order valence-corrected chi connectivity index (χ0v) is 23.4. The van der Waals surface area contributed by atoms with Crippen LogP contribution in [0.25, 0.3) is 0 Å². The maximum atomic E-state index is 14.3. The molecule has 2 atom stereocenters. The van der Waals surface area contributed by atoms with Crippen molar-refractivity contribution >= 4 is 17.7 Å². The van der Waals surface area contributed by atoms with Crippen molar-refractivity contribution in [2.45, 2.75) is 38.5 Å². The van der Waals surface area contributed by atoms with Crippen molar-refractivity contribution in [2.24, 2.45) is 5.41 Å². The van der Waals surface area contributed by atoms with E-state index in [1.54, 1.807) is 45.7 Å². The van der Waals surface area contributed by atoms with Crippen molar-refractivity contribution in [1.82, 2.24) is 19.7 Å². The van der Waals surface area contributed by atoms with Gasteiger partial charge in [0.2, 0.25) is 11.3 Å². The number of nitrogens with one attached hydrogen (secondary N) is 1. The molecule has 0 aliphatic carbocycles. The molecule has 3 amide bonds. The summed E-state index contributed by atoms with van der Waals surface area (Å²) in [5.74, 6) is -5.20. The zero-order valence-electron chi connectivity index (χ0n) is 23.4. The summed E-state index contributed by atoms with van der Waals surface area (Å²) in [6.45, 7) is 0.441. The highest BCUT2D eigenvalue weighted by Crippen LogP contribution is 2.49. The summed E-state index contributed by atoms with van der Waals surface area (Å²) in [5, 5.41) is 2.35. The first-order valence-electron chi connectivity index (χ1n) is 14.0. The number of ether oxygens (including phenoxy) is 1. The van der Waals surface area contributed by atoms with E-state index in [0.29, 0.717) is 38.1 Å². The first-order chi connectivity index (χ1) is 20.6. The molecule has 6 rings (SSSR count). The maximum Gasteiger partial charge on any atom is 0.274 e. The molecule has 3 aliphatic rings. The molecule has 0 radical (unpaired) electrons. The number of rotatable bonds is 6. The third kappa shape index (κ3) is 5.04. The van der Waals surface area contributed by atoms with Crippen molar-refractivity contribution < 1.29 is 32.3 Å². The van der Waals surface area contributed by atoms with Gasteiger partial charge in [0.25, 0.3) is 11.8 Å². The van der Waals surface area contributed by atoms with Gasteiger partial charge in [0, 0.05) is 69.0 Å². The summed E-state index contributed by atoms with van der Waals surface area (Å²) in [4.78, 5) is 57.1. The van der Waals surface area contributed by atoms with Crippen LogP contribution in [0, 0.1) is 22.9 Å². The van der Waals surface area contributed by atoms with Crippen LogP contribution in [-0.4, -0.2) is 58.8 Å². The second-order valence-electron chi connectivity index (χ2n) is 11.4. The number of amides is 3. The van der Waals surface area contributed by atoms with E-state index in [0.717, 1.165) is 5.56 Å². The number of carbonyl (C=O) groups excluding carboxylic acids is 3. The minimum atomic E-state index is -1.19. The number of likely N-dealkylation sites (tertiary alicyclic amines) is 1. The second-order valence-corrected chi connectivity index (χ2v) is 11.4. The lowest BCUT2D eigenvalue weighted by molar-refractivity contribution is -0.126. The van der Waals surface area contributed by atoms with Gasteiger partial charge in [-0.1, -0.05) is 30.3 Å². The van der Waals surface area contributed by atoms with E-state index in [4.69, 9.17) is 4.74 Å². The Labute approximate surface area is 244 Å². The third-order valence-electron chi connectivity index (χ3n) is 8.70. The number of benzene rings is 2. The number of hydrogen-bond acceptors (Lipinski definition) is 5. The predicted octanol–water partition coefficient (Wildman–Crippen LogP) is 3.41. The standard InChI is InChI=1S/C31H29F3N4O5/c1-36-17-31(12-25(36)39)8-5-9-37-15-24(31)38-14-21(29(41)35-13-20-22(33)10-19(32)11-23(20)34)27(40)28(26(38)30(37)42)43-16-18-6-3-2-4-7-18/h2-4,6-7,10-11,14,24H,5,8-9,12-13,15-17H2,1H3,(H,35,41)/t24-,31+/m1/s1. The van der Waals surface area contributed by atoms with Gasteiger partial charge in [0.1, 0.15) is 29.6 Å². The van der Waals surface area contributed by atoms with Crippen LogP contribution in [0.3, 0.4) is 0 Å². The van der Waals surface area contributed by atoms with E-state index < -0.39 is 63.8 Å². The molecule has 2 aromatic carbocycles. The molecule has 43 heavy (non-hydrogen) atoms. The Bertz CT molecular complexity index is 1670. The molecule has 3 aromatic rings. The number of fused-ring (bicyclic) bond motifs is 5. The number of carbonyl (C=O) groups is 3. The van der Waals surface area contributed by atoms with Gasteiger partial charge in [-0.2, -0.15) is 0 Å². The van der Waals surface area contributed by atoms with Crippen molar-refractivity contribution in [3.8, 4) is 5.75 Å². The zero-order chi connectivity index (χ0) is 30.5. The molecule has 4 heterocycles. The molecule has 0 saturated carbocycles. The minimum Gasteiger partial charge on any atom is -0.483 e. The van der Waals surface area contributed by atoms with E-state index >= 15 is 0 Å². The highest BCUT2D eigenvalue weighted by molar-refractivity contribution is 5.99. The Morgan fingerprint density at radius 3 is 2.49 bits per heavy atom. The quantitative estimate of drug-likeness (QED) is 0.472. The highest BCUT2D eigenvalue weighted by atomic mass is 19.1. The molecule has 1 aromatic heterocycles. The Morgan fingerprint density at radius 1 is 1.09 bits per heavy atom. The van der Waals surface area contributed by atoms with Crippen LogP contribution in [0.5, 0.6) is 5.75 Å². The summed E-state index contributed by atoms with van der Waals surface area (Å²) < 4.78 is 49.5. The van der Waals surface area contributed by atoms with Gasteiger partial charge in [0.05, 0.1) is 6.04 Å². The van der Waals surface area contributed by atoms with Crippen LogP contribution in [0.1, 0.15) is 57.3 Å². The van der Waals surface area contributed by atoms with E-state index in [1.165, 1.54) is 6.20 Å². The monoisotopic (exact) mass is 594 g/mol. The van der Waals surface area contributed by atoms with Crippen LogP contribution in [0.15, 0.2) is 53.5 Å². The number of nitrogens with zero attached hydrogens (tertiary/aromatic N) is 3. The molecule has 0 unspecified atom stereocenters. The molecule has 2 bridgehead atoms. The summed E-state index contributed by atoms with van der Waals surface area (Å²) in [6, 6.07) is 9.52. The third-order valence-corrected chi connectivity index (χ3v) is 8.70. The van der Waals surface area contributed by atoms with Gasteiger partial charge in [-0.25, -0.2) is 13.2 Å². The molecule has 9 nitrogen and oxygen atoms in total. The Morgan fingerprint density at radius 2 is 1.81 bits per heavy atom. The molecular formula is C31H29F3N4O5. The van der Waals surface area contributed by atoms with Crippen molar-refractivity contribution in [3.05, 3.63) is 98.7 Å². The van der Waals surface area contributed by atoms with E-state index in [2.05, 4.69) is 5.32 Å². The van der Waals surface area contributed by atoms with E-state index in [1.807, 2.05) is 6.07 Å². The maximum absolute atomic E-state index is 14.3. The van der Waals surface area contributed by atoms with Gasteiger partial charge >= 0.3 is 0 Å². The summed E-state index contributed by atoms with van der Waals surface area (Å²) in [7, 11) is 1.72. The van der Waals surface area contributed by atoms with E-state index in [-0.39, 0.29) is 36.9 Å². The molecule has 1 N–H and O–H groups in total. The minimum absolute atomic E-state index is 0.00682. The fraction of sp³-hybridized carbons (Fsp3) is 0.355. The molecule has 224 valence electrons. The molecule has 2 saturated heterocycles. The molecule has 1 spiro atoms. The number of halogens is 3. The average Bonchev–Trinajstić information content (AvgIpc) is 3.16. The lowest BCUT2D eigenvalue weighted by atomic mass is 9.75. The predicted molar refractivity (Wildman–Crippen MR) is 148 cm³/mol.